The van der Waals surface area contributed by atoms with E-state index in [2.05, 4.69) is 72.4 Å². The molecule has 3 aromatic rings. The largest absolute Gasteiger partial charge is 0.369 e. The van der Waals surface area contributed by atoms with Crippen LogP contribution in [0, 0.1) is 20.8 Å². The zero-order valence-corrected chi connectivity index (χ0v) is 19.6. The highest BCUT2D eigenvalue weighted by Gasteiger charge is 2.19. The number of hydrogen-bond donors (Lipinski definition) is 1. The summed E-state index contributed by atoms with van der Waals surface area (Å²) in [6, 6.07) is 14.7. The number of anilines is 1. The third kappa shape index (κ3) is 4.81. The Morgan fingerprint density at radius 1 is 1.06 bits per heavy atom. The molecule has 1 amide bonds. The van der Waals surface area contributed by atoms with Crippen molar-refractivity contribution in [1.82, 2.24) is 15.2 Å². The lowest BCUT2D eigenvalue weighted by Crippen LogP contribution is -2.45. The third-order valence-corrected chi connectivity index (χ3v) is 7.08. The van der Waals surface area contributed by atoms with Gasteiger partial charge in [-0.1, -0.05) is 42.0 Å². The fraction of sp³-hybridized carbons (Fsp3) is 0.360. The monoisotopic (exact) mass is 434 g/mol. The Morgan fingerprint density at radius 3 is 2.55 bits per heavy atom. The molecule has 1 aromatic heterocycles. The highest BCUT2D eigenvalue weighted by molar-refractivity contribution is 7.17. The number of rotatable bonds is 5. The van der Waals surface area contributed by atoms with E-state index in [9.17, 15) is 4.79 Å². The molecule has 1 aliphatic rings. The van der Waals surface area contributed by atoms with Crippen molar-refractivity contribution in [3.05, 3.63) is 69.7 Å². The standard InChI is InChI=1S/C25H30N4OS/c1-17-9-10-21(18(2)15-17)25-27-19(3)23(31-25)24(30)26-16-20-7-5-6-8-22(20)29-13-11-28(4)12-14-29/h5-10,15H,11-14,16H2,1-4H3,(H,26,30). The number of likely N-dealkylation sites (N-methyl/N-ethyl adjacent to an activating group) is 1. The van der Waals surface area contributed by atoms with Crippen LogP contribution < -0.4 is 10.2 Å². The number of nitrogens with one attached hydrogen (secondary N) is 1. The lowest BCUT2D eigenvalue weighted by atomic mass is 10.1. The van der Waals surface area contributed by atoms with Crippen molar-refractivity contribution in [2.24, 2.45) is 0 Å². The fourth-order valence-electron chi connectivity index (χ4n) is 4.05. The summed E-state index contributed by atoms with van der Waals surface area (Å²) in [6.07, 6.45) is 0. The summed E-state index contributed by atoms with van der Waals surface area (Å²) in [7, 11) is 2.16. The normalized spacial score (nSPS) is 14.6. The minimum absolute atomic E-state index is 0.0563. The van der Waals surface area contributed by atoms with Gasteiger partial charge in [-0.05, 0) is 45.0 Å². The van der Waals surface area contributed by atoms with Gasteiger partial charge in [-0.2, -0.15) is 0 Å². The molecule has 2 heterocycles. The van der Waals surface area contributed by atoms with Gasteiger partial charge in [0.1, 0.15) is 9.88 Å². The quantitative estimate of drug-likeness (QED) is 0.646. The van der Waals surface area contributed by atoms with Gasteiger partial charge in [0.05, 0.1) is 5.69 Å². The Kier molecular flexibility index (Phi) is 6.39. The van der Waals surface area contributed by atoms with Crippen LogP contribution in [0.5, 0.6) is 0 Å². The van der Waals surface area contributed by atoms with Crippen LogP contribution in [0.2, 0.25) is 0 Å². The van der Waals surface area contributed by atoms with Crippen LogP contribution in [-0.2, 0) is 6.54 Å². The van der Waals surface area contributed by atoms with Crippen molar-refractivity contribution in [2.45, 2.75) is 27.3 Å². The molecule has 2 aromatic carbocycles. The van der Waals surface area contributed by atoms with Crippen molar-refractivity contribution in [3.63, 3.8) is 0 Å². The van der Waals surface area contributed by atoms with Gasteiger partial charge in [-0.15, -0.1) is 11.3 Å². The van der Waals surface area contributed by atoms with Gasteiger partial charge in [0.25, 0.3) is 5.91 Å². The second-order valence-electron chi connectivity index (χ2n) is 8.35. The Hall–Kier alpha value is -2.70. The van der Waals surface area contributed by atoms with Gasteiger partial charge in [-0.25, -0.2) is 4.98 Å². The SMILES string of the molecule is Cc1ccc(-c2nc(C)c(C(=O)NCc3ccccc3N3CCN(C)CC3)s2)c(C)c1. The number of carbonyl (C=O) groups is 1. The van der Waals surface area contributed by atoms with Crippen LogP contribution >= 0.6 is 11.3 Å². The number of nitrogens with zero attached hydrogens (tertiary/aromatic N) is 3. The predicted octanol–water partition coefficient (Wildman–Crippen LogP) is 4.42. The maximum absolute atomic E-state index is 13.0. The van der Waals surface area contributed by atoms with E-state index >= 15 is 0 Å². The zero-order valence-electron chi connectivity index (χ0n) is 18.7. The molecule has 0 spiro atoms. The maximum Gasteiger partial charge on any atom is 0.263 e. The molecule has 0 radical (unpaired) electrons. The number of piperazine rings is 1. The molecular weight excluding hydrogens is 404 g/mol. The van der Waals surface area contributed by atoms with Gasteiger partial charge >= 0.3 is 0 Å². The fourth-order valence-corrected chi connectivity index (χ4v) is 5.12. The van der Waals surface area contributed by atoms with Gasteiger partial charge in [0.15, 0.2) is 0 Å². The molecule has 0 bridgehead atoms. The highest BCUT2D eigenvalue weighted by Crippen LogP contribution is 2.31. The minimum Gasteiger partial charge on any atom is -0.369 e. The van der Waals surface area contributed by atoms with Gasteiger partial charge in [0.2, 0.25) is 0 Å². The van der Waals surface area contributed by atoms with E-state index in [0.29, 0.717) is 11.4 Å². The smallest absolute Gasteiger partial charge is 0.263 e. The highest BCUT2D eigenvalue weighted by atomic mass is 32.1. The Morgan fingerprint density at radius 2 is 1.81 bits per heavy atom. The Labute approximate surface area is 188 Å². The predicted molar refractivity (Wildman–Crippen MR) is 129 cm³/mol. The summed E-state index contributed by atoms with van der Waals surface area (Å²) in [5.74, 6) is -0.0563. The second-order valence-corrected chi connectivity index (χ2v) is 9.35. The van der Waals surface area contributed by atoms with E-state index in [-0.39, 0.29) is 5.91 Å². The molecule has 162 valence electrons. The molecule has 0 saturated carbocycles. The van der Waals surface area contributed by atoms with Crippen LogP contribution in [0.4, 0.5) is 5.69 Å². The number of carbonyl (C=O) groups excluding carboxylic acids is 1. The van der Waals surface area contributed by atoms with E-state index in [4.69, 9.17) is 4.98 Å². The molecule has 5 nitrogen and oxygen atoms in total. The lowest BCUT2D eigenvalue weighted by Gasteiger charge is -2.35. The van der Waals surface area contributed by atoms with Crippen LogP contribution in [0.1, 0.15) is 32.1 Å². The molecule has 4 rings (SSSR count). The van der Waals surface area contributed by atoms with Gasteiger partial charge in [-0.3, -0.25) is 4.79 Å². The molecule has 0 unspecified atom stereocenters. The topological polar surface area (TPSA) is 48.5 Å². The second kappa shape index (κ2) is 9.20. The van der Waals surface area contributed by atoms with Crippen molar-refractivity contribution in [3.8, 4) is 10.6 Å². The molecule has 1 fully saturated rings. The van der Waals surface area contributed by atoms with Crippen LogP contribution in [-0.4, -0.2) is 49.0 Å². The van der Waals surface area contributed by atoms with Crippen LogP contribution in [0.15, 0.2) is 42.5 Å². The van der Waals surface area contributed by atoms with E-state index < -0.39 is 0 Å². The van der Waals surface area contributed by atoms with Crippen molar-refractivity contribution in [1.29, 1.82) is 0 Å². The average molecular weight is 435 g/mol. The zero-order chi connectivity index (χ0) is 22.0. The molecule has 1 saturated heterocycles. The molecule has 1 aliphatic heterocycles. The van der Waals surface area contributed by atoms with Crippen molar-refractivity contribution >= 4 is 22.9 Å². The lowest BCUT2D eigenvalue weighted by molar-refractivity contribution is 0.0954. The van der Waals surface area contributed by atoms with E-state index in [1.54, 1.807) is 0 Å². The molecule has 0 aliphatic carbocycles. The van der Waals surface area contributed by atoms with Crippen LogP contribution in [0.25, 0.3) is 10.6 Å². The average Bonchev–Trinajstić information content (AvgIpc) is 3.14. The van der Waals surface area contributed by atoms with Gasteiger partial charge < -0.3 is 15.1 Å². The molecule has 6 heteroatoms. The van der Waals surface area contributed by atoms with Gasteiger partial charge in [0, 0.05) is 44.0 Å². The first-order valence-electron chi connectivity index (χ1n) is 10.8. The van der Waals surface area contributed by atoms with Crippen molar-refractivity contribution in [2.75, 3.05) is 38.1 Å². The number of thiazole rings is 1. The van der Waals surface area contributed by atoms with E-state index in [1.165, 1.54) is 28.2 Å². The number of aryl methyl sites for hydroxylation is 3. The number of hydrogen-bond acceptors (Lipinski definition) is 5. The summed E-state index contributed by atoms with van der Waals surface area (Å²) >= 11 is 1.47. The number of benzene rings is 2. The van der Waals surface area contributed by atoms with E-state index in [1.807, 2.05) is 13.0 Å². The van der Waals surface area contributed by atoms with Crippen LogP contribution in [0.3, 0.4) is 0 Å². The minimum atomic E-state index is -0.0563. The summed E-state index contributed by atoms with van der Waals surface area (Å²) in [5, 5.41) is 4.03. The molecule has 0 atom stereocenters. The molecule has 31 heavy (non-hydrogen) atoms. The maximum atomic E-state index is 13.0. The molecular formula is C25H30N4OS. The summed E-state index contributed by atoms with van der Waals surface area (Å²) in [6.45, 7) is 10.7. The Bertz CT molecular complexity index is 1080. The van der Waals surface area contributed by atoms with Crippen molar-refractivity contribution < 1.29 is 4.79 Å². The Balaban J connectivity index is 1.48. The molecule has 1 N–H and O–H groups in total. The first-order chi connectivity index (χ1) is 14.9. The number of aromatic nitrogens is 1. The van der Waals surface area contributed by atoms with E-state index in [0.717, 1.165) is 48.0 Å². The number of para-hydroxylation sites is 1. The summed E-state index contributed by atoms with van der Waals surface area (Å²) in [4.78, 5) is 23.1. The third-order valence-electron chi connectivity index (χ3n) is 5.89. The first-order valence-corrected chi connectivity index (χ1v) is 11.6. The number of amides is 1. The summed E-state index contributed by atoms with van der Waals surface area (Å²) < 4.78 is 0. The summed E-state index contributed by atoms with van der Waals surface area (Å²) in [5.41, 5.74) is 6.65. The first kappa shape index (κ1) is 21.5.